The van der Waals surface area contributed by atoms with E-state index in [4.69, 9.17) is 23.2 Å². The van der Waals surface area contributed by atoms with Gasteiger partial charge in [0.15, 0.2) is 5.13 Å². The number of carbonyl (C=O) groups is 1. The Hall–Kier alpha value is -2.22. The number of amides is 1. The quantitative estimate of drug-likeness (QED) is 0.735. The number of thiazole rings is 1. The third kappa shape index (κ3) is 4.25. The largest absolute Gasteiger partial charge is 0.296 e. The number of aryl methyl sites for hydroxylation is 1. The maximum atomic E-state index is 12.2. The molecule has 0 atom stereocenters. The van der Waals surface area contributed by atoms with Gasteiger partial charge in [-0.1, -0.05) is 29.3 Å². The van der Waals surface area contributed by atoms with Crippen LogP contribution in [0.3, 0.4) is 0 Å². The zero-order valence-electron chi connectivity index (χ0n) is 13.0. The number of nitrogens with one attached hydrogen (secondary N) is 1. The van der Waals surface area contributed by atoms with Crippen LogP contribution in [-0.4, -0.2) is 20.7 Å². The summed E-state index contributed by atoms with van der Waals surface area (Å²) in [7, 11) is 1.48. The summed E-state index contributed by atoms with van der Waals surface area (Å²) in [6, 6.07) is 7.99. The normalized spacial score (nSPS) is 10.7. The number of carbonyl (C=O) groups excluding carboxylic acids is 1. The van der Waals surface area contributed by atoms with Crippen LogP contribution in [0.5, 0.6) is 0 Å². The minimum atomic E-state index is -0.430. The minimum absolute atomic E-state index is 0.139. The molecule has 0 spiro atoms. The van der Waals surface area contributed by atoms with Gasteiger partial charge in [-0.25, -0.2) is 9.67 Å². The molecule has 1 N–H and O–H groups in total. The Morgan fingerprint density at radius 2 is 2.08 bits per heavy atom. The van der Waals surface area contributed by atoms with Crippen LogP contribution in [0.25, 0.3) is 0 Å². The van der Waals surface area contributed by atoms with Crippen molar-refractivity contribution in [3.63, 3.8) is 0 Å². The van der Waals surface area contributed by atoms with E-state index in [1.807, 2.05) is 6.07 Å². The number of halogens is 2. The monoisotopic (exact) mass is 394 g/mol. The van der Waals surface area contributed by atoms with Crippen molar-refractivity contribution in [2.45, 2.75) is 6.42 Å². The molecule has 2 heterocycles. The first-order chi connectivity index (χ1) is 11.9. The van der Waals surface area contributed by atoms with Crippen molar-refractivity contribution >= 4 is 45.6 Å². The summed E-state index contributed by atoms with van der Waals surface area (Å²) in [6.45, 7) is 0. The van der Waals surface area contributed by atoms with E-state index in [1.165, 1.54) is 30.5 Å². The molecule has 9 heteroatoms. The highest BCUT2D eigenvalue weighted by molar-refractivity contribution is 7.15. The molecule has 0 radical (unpaired) electrons. The van der Waals surface area contributed by atoms with E-state index in [0.717, 1.165) is 15.1 Å². The lowest BCUT2D eigenvalue weighted by molar-refractivity contribution is 0.102. The smallest absolute Gasteiger partial charge is 0.277 e. The maximum Gasteiger partial charge on any atom is 0.277 e. The van der Waals surface area contributed by atoms with Crippen molar-refractivity contribution in [1.29, 1.82) is 0 Å². The second-order valence-corrected chi connectivity index (χ2v) is 7.14. The third-order valence-corrected chi connectivity index (χ3v) is 4.85. The molecule has 25 heavy (non-hydrogen) atoms. The van der Waals surface area contributed by atoms with E-state index >= 15 is 0 Å². The molecule has 2 aromatic heterocycles. The van der Waals surface area contributed by atoms with E-state index in [-0.39, 0.29) is 11.3 Å². The Kier molecular flexibility index (Phi) is 5.17. The second kappa shape index (κ2) is 7.35. The fraction of sp³-hybridized carbons (Fsp3) is 0.125. The van der Waals surface area contributed by atoms with Crippen LogP contribution in [0.4, 0.5) is 5.13 Å². The predicted molar refractivity (Wildman–Crippen MR) is 98.8 cm³/mol. The van der Waals surface area contributed by atoms with Crippen molar-refractivity contribution in [3.8, 4) is 0 Å². The molecule has 0 bridgehead atoms. The first kappa shape index (κ1) is 17.6. The number of nitrogens with zero attached hydrogens (tertiary/aromatic N) is 3. The summed E-state index contributed by atoms with van der Waals surface area (Å²) in [5, 5.41) is 8.18. The number of hydrogen-bond acceptors (Lipinski definition) is 5. The van der Waals surface area contributed by atoms with Crippen molar-refractivity contribution in [3.05, 3.63) is 73.1 Å². The molecule has 128 valence electrons. The van der Waals surface area contributed by atoms with Gasteiger partial charge in [0.05, 0.1) is 0 Å². The van der Waals surface area contributed by atoms with Crippen LogP contribution >= 0.6 is 34.5 Å². The molecule has 0 unspecified atom stereocenters. The Labute approximate surface area is 157 Å². The lowest BCUT2D eigenvalue weighted by Gasteiger charge is -2.03. The van der Waals surface area contributed by atoms with E-state index < -0.39 is 5.91 Å². The molecular formula is C16H12Cl2N4O2S. The lowest BCUT2D eigenvalue weighted by atomic mass is 10.1. The van der Waals surface area contributed by atoms with Crippen LogP contribution in [0.1, 0.15) is 20.9 Å². The summed E-state index contributed by atoms with van der Waals surface area (Å²) in [5.74, 6) is -0.430. The molecular weight excluding hydrogens is 383 g/mol. The van der Waals surface area contributed by atoms with Gasteiger partial charge in [-0.2, -0.15) is 5.10 Å². The van der Waals surface area contributed by atoms with E-state index in [1.54, 1.807) is 18.3 Å². The molecule has 6 nitrogen and oxygen atoms in total. The standard InChI is InChI=1S/C16H12Cl2N4O2S/c1-22-14(23)5-4-13(21-22)15(24)20-16-19-8-11(25-16)6-9-2-3-10(17)7-12(9)18/h2-5,7-8H,6H2,1H3,(H,19,20,24). The molecule has 3 rings (SSSR count). The third-order valence-electron chi connectivity index (χ3n) is 3.35. The minimum Gasteiger partial charge on any atom is -0.296 e. The zero-order valence-corrected chi connectivity index (χ0v) is 15.3. The average molecular weight is 395 g/mol. The molecule has 1 aromatic carbocycles. The van der Waals surface area contributed by atoms with E-state index in [0.29, 0.717) is 21.6 Å². The van der Waals surface area contributed by atoms with Crippen molar-refractivity contribution in [1.82, 2.24) is 14.8 Å². The predicted octanol–water partition coefficient (Wildman–Crippen LogP) is 3.39. The van der Waals surface area contributed by atoms with Gasteiger partial charge < -0.3 is 0 Å². The van der Waals surface area contributed by atoms with E-state index in [2.05, 4.69) is 15.4 Å². The fourth-order valence-electron chi connectivity index (χ4n) is 2.08. The first-order valence-electron chi connectivity index (χ1n) is 7.17. The number of hydrogen-bond donors (Lipinski definition) is 1. The fourth-order valence-corrected chi connectivity index (χ4v) is 3.39. The number of benzene rings is 1. The molecule has 0 fully saturated rings. The molecule has 0 aliphatic heterocycles. The Morgan fingerprint density at radius 3 is 2.80 bits per heavy atom. The summed E-state index contributed by atoms with van der Waals surface area (Å²) < 4.78 is 1.10. The zero-order chi connectivity index (χ0) is 18.0. The van der Waals surface area contributed by atoms with Crippen molar-refractivity contribution < 1.29 is 4.79 Å². The highest BCUT2D eigenvalue weighted by Gasteiger charge is 2.12. The number of rotatable bonds is 4. The van der Waals surface area contributed by atoms with Crippen LogP contribution in [0.2, 0.25) is 10.0 Å². The SMILES string of the molecule is Cn1nc(C(=O)Nc2ncc(Cc3ccc(Cl)cc3Cl)s2)ccc1=O. The summed E-state index contributed by atoms with van der Waals surface area (Å²) in [4.78, 5) is 28.6. The van der Waals surface area contributed by atoms with Crippen LogP contribution in [0.15, 0.2) is 41.3 Å². The Balaban J connectivity index is 1.71. The molecule has 0 saturated heterocycles. The van der Waals surface area contributed by atoms with Gasteiger partial charge >= 0.3 is 0 Å². The van der Waals surface area contributed by atoms with Crippen LogP contribution in [-0.2, 0) is 13.5 Å². The summed E-state index contributed by atoms with van der Waals surface area (Å²) in [6.07, 6.45) is 2.26. The van der Waals surface area contributed by atoms with Crippen molar-refractivity contribution in [2.24, 2.45) is 7.05 Å². The average Bonchev–Trinajstić information content (AvgIpc) is 3.00. The molecule has 1 amide bonds. The summed E-state index contributed by atoms with van der Waals surface area (Å²) in [5.41, 5.74) is 0.778. The first-order valence-corrected chi connectivity index (χ1v) is 8.74. The number of aromatic nitrogens is 3. The van der Waals surface area contributed by atoms with E-state index in [9.17, 15) is 9.59 Å². The molecule has 0 aliphatic rings. The van der Waals surface area contributed by atoms with Gasteiger partial charge in [-0.15, -0.1) is 11.3 Å². The highest BCUT2D eigenvalue weighted by Crippen LogP contribution is 2.27. The van der Waals surface area contributed by atoms with Crippen LogP contribution in [0, 0.1) is 0 Å². The second-order valence-electron chi connectivity index (χ2n) is 5.18. The summed E-state index contributed by atoms with van der Waals surface area (Å²) >= 11 is 13.4. The molecule has 3 aromatic rings. The van der Waals surface area contributed by atoms with Gasteiger partial charge in [-0.05, 0) is 23.8 Å². The Morgan fingerprint density at radius 1 is 1.28 bits per heavy atom. The highest BCUT2D eigenvalue weighted by atomic mass is 35.5. The van der Waals surface area contributed by atoms with Crippen LogP contribution < -0.4 is 10.9 Å². The van der Waals surface area contributed by atoms with Crippen molar-refractivity contribution in [2.75, 3.05) is 5.32 Å². The number of anilines is 1. The van der Waals surface area contributed by atoms with Gasteiger partial charge in [0.2, 0.25) is 0 Å². The van der Waals surface area contributed by atoms with Gasteiger partial charge in [-0.3, -0.25) is 14.9 Å². The van der Waals surface area contributed by atoms with Gasteiger partial charge in [0.1, 0.15) is 5.69 Å². The molecule has 0 aliphatic carbocycles. The lowest BCUT2D eigenvalue weighted by Crippen LogP contribution is -2.23. The van der Waals surface area contributed by atoms with Gasteiger partial charge in [0, 0.05) is 40.7 Å². The maximum absolute atomic E-state index is 12.2. The Bertz CT molecular complexity index is 1000. The van der Waals surface area contributed by atoms with Gasteiger partial charge in [0.25, 0.3) is 11.5 Å². The molecule has 0 saturated carbocycles. The topological polar surface area (TPSA) is 76.9 Å².